The van der Waals surface area contributed by atoms with Gasteiger partial charge in [-0.2, -0.15) is 0 Å². The van der Waals surface area contributed by atoms with E-state index >= 15 is 0 Å². The summed E-state index contributed by atoms with van der Waals surface area (Å²) in [6.07, 6.45) is 0. The van der Waals surface area contributed by atoms with E-state index in [0.717, 1.165) is 54.6 Å². The molecule has 3 nitrogen and oxygen atoms in total. The second-order valence-corrected chi connectivity index (χ2v) is 6.88. The van der Waals surface area contributed by atoms with E-state index in [9.17, 15) is 9.18 Å². The normalized spacial score (nSPS) is 15.3. The summed E-state index contributed by atoms with van der Waals surface area (Å²) in [7, 11) is 0. The minimum Gasteiger partial charge on any atom is -0.328 e. The van der Waals surface area contributed by atoms with E-state index in [1.165, 1.54) is 11.0 Å². The fraction of sp³-hybridized carbons (Fsp3) is 0.227. The van der Waals surface area contributed by atoms with Gasteiger partial charge < -0.3 is 9.80 Å². The van der Waals surface area contributed by atoms with Crippen LogP contribution in [0.15, 0.2) is 66.7 Å². The molecule has 0 spiro atoms. The van der Waals surface area contributed by atoms with E-state index in [4.69, 9.17) is 0 Å². The number of hydrogen-bond acceptors (Lipinski definition) is 1. The van der Waals surface area contributed by atoms with Crippen LogP contribution in [0.2, 0.25) is 0 Å². The molecule has 0 saturated carbocycles. The zero-order chi connectivity index (χ0) is 17.9. The third-order valence-corrected chi connectivity index (χ3v) is 5.12. The van der Waals surface area contributed by atoms with Crippen molar-refractivity contribution in [2.45, 2.75) is 6.54 Å². The Kier molecular flexibility index (Phi) is 4.67. The standard InChI is InChI=1S/C22H21FN2O/c23-19-8-3-5-17(15-19)16-24-11-13-25(14-12-24)22(26)21-10-4-7-18-6-1-2-9-20(18)21/h1-10,15H,11-14,16H2/p+1. The maximum atomic E-state index is 13.3. The van der Waals surface area contributed by atoms with Gasteiger partial charge in [0.2, 0.25) is 0 Å². The molecule has 0 atom stereocenters. The van der Waals surface area contributed by atoms with Gasteiger partial charge in [-0.15, -0.1) is 0 Å². The van der Waals surface area contributed by atoms with Gasteiger partial charge in [-0.25, -0.2) is 4.39 Å². The molecule has 3 aromatic carbocycles. The number of benzene rings is 3. The number of amides is 1. The van der Waals surface area contributed by atoms with E-state index in [1.54, 1.807) is 12.1 Å². The lowest BCUT2D eigenvalue weighted by Crippen LogP contribution is -3.13. The molecule has 0 unspecified atom stereocenters. The van der Waals surface area contributed by atoms with Crippen molar-refractivity contribution in [3.63, 3.8) is 0 Å². The summed E-state index contributed by atoms with van der Waals surface area (Å²) in [5.41, 5.74) is 1.78. The Balaban J connectivity index is 1.43. The second-order valence-electron chi connectivity index (χ2n) is 6.88. The van der Waals surface area contributed by atoms with Crippen molar-refractivity contribution < 1.29 is 14.1 Å². The third-order valence-electron chi connectivity index (χ3n) is 5.12. The average molecular weight is 349 g/mol. The van der Waals surface area contributed by atoms with E-state index < -0.39 is 0 Å². The summed E-state index contributed by atoms with van der Waals surface area (Å²) < 4.78 is 13.3. The molecule has 1 aliphatic rings. The number of piperazine rings is 1. The Hall–Kier alpha value is -2.72. The van der Waals surface area contributed by atoms with Crippen molar-refractivity contribution >= 4 is 16.7 Å². The van der Waals surface area contributed by atoms with E-state index in [2.05, 4.69) is 0 Å². The first-order chi connectivity index (χ1) is 12.7. The summed E-state index contributed by atoms with van der Waals surface area (Å²) in [6, 6.07) is 20.7. The molecule has 1 fully saturated rings. The van der Waals surface area contributed by atoms with Crippen molar-refractivity contribution in [1.29, 1.82) is 0 Å². The molecule has 0 aliphatic carbocycles. The maximum Gasteiger partial charge on any atom is 0.254 e. The van der Waals surface area contributed by atoms with Crippen LogP contribution in [0.3, 0.4) is 0 Å². The molecule has 26 heavy (non-hydrogen) atoms. The minimum atomic E-state index is -0.188. The molecule has 0 aromatic heterocycles. The van der Waals surface area contributed by atoms with Crippen LogP contribution in [-0.4, -0.2) is 37.0 Å². The Morgan fingerprint density at radius 2 is 1.69 bits per heavy atom. The number of fused-ring (bicyclic) bond motifs is 1. The molecule has 0 radical (unpaired) electrons. The SMILES string of the molecule is O=C(c1cccc2ccccc12)N1CC[NH+](Cc2cccc(F)c2)CC1. The summed E-state index contributed by atoms with van der Waals surface area (Å²) in [5, 5.41) is 2.10. The lowest BCUT2D eigenvalue weighted by molar-refractivity contribution is -0.917. The highest BCUT2D eigenvalue weighted by Gasteiger charge is 2.25. The number of nitrogens with zero attached hydrogens (tertiary/aromatic N) is 1. The fourth-order valence-electron chi connectivity index (χ4n) is 3.72. The quantitative estimate of drug-likeness (QED) is 0.772. The van der Waals surface area contributed by atoms with Crippen LogP contribution in [0.25, 0.3) is 10.8 Å². The fourth-order valence-corrected chi connectivity index (χ4v) is 3.72. The first-order valence-electron chi connectivity index (χ1n) is 9.06. The van der Waals surface area contributed by atoms with E-state index in [1.807, 2.05) is 53.4 Å². The second kappa shape index (κ2) is 7.26. The molecule has 1 heterocycles. The number of carbonyl (C=O) groups is 1. The number of halogens is 1. The van der Waals surface area contributed by atoms with Gasteiger partial charge in [-0.3, -0.25) is 4.79 Å². The molecule has 1 aliphatic heterocycles. The van der Waals surface area contributed by atoms with Crippen molar-refractivity contribution in [3.05, 3.63) is 83.7 Å². The summed E-state index contributed by atoms with van der Waals surface area (Å²) in [5.74, 6) is -0.0849. The summed E-state index contributed by atoms with van der Waals surface area (Å²) in [4.78, 5) is 16.3. The predicted molar refractivity (Wildman–Crippen MR) is 101 cm³/mol. The van der Waals surface area contributed by atoms with Crippen LogP contribution >= 0.6 is 0 Å². The van der Waals surface area contributed by atoms with Crippen molar-refractivity contribution in [1.82, 2.24) is 4.90 Å². The van der Waals surface area contributed by atoms with Gasteiger partial charge in [0.1, 0.15) is 12.4 Å². The molecular weight excluding hydrogens is 327 g/mol. The highest BCUT2D eigenvalue weighted by atomic mass is 19.1. The Morgan fingerprint density at radius 1 is 0.962 bits per heavy atom. The number of carbonyl (C=O) groups excluding carboxylic acids is 1. The van der Waals surface area contributed by atoms with Crippen molar-refractivity contribution in [3.8, 4) is 0 Å². The molecule has 0 bridgehead atoms. The summed E-state index contributed by atoms with van der Waals surface area (Å²) in [6.45, 7) is 4.02. The molecule has 1 N–H and O–H groups in total. The van der Waals surface area contributed by atoms with Gasteiger partial charge in [-0.05, 0) is 29.0 Å². The number of quaternary nitrogens is 1. The van der Waals surface area contributed by atoms with Gasteiger partial charge in [0.05, 0.1) is 26.2 Å². The van der Waals surface area contributed by atoms with Crippen LogP contribution in [0.5, 0.6) is 0 Å². The first-order valence-corrected chi connectivity index (χ1v) is 9.06. The molecule has 1 saturated heterocycles. The largest absolute Gasteiger partial charge is 0.328 e. The summed E-state index contributed by atoms with van der Waals surface area (Å²) >= 11 is 0. The molecule has 3 aromatic rings. The molecule has 1 amide bonds. The number of hydrogen-bond donors (Lipinski definition) is 1. The van der Waals surface area contributed by atoms with Gasteiger partial charge >= 0.3 is 0 Å². The predicted octanol–water partition coefficient (Wildman–Crippen LogP) is 2.52. The molecule has 132 valence electrons. The number of rotatable bonds is 3. The van der Waals surface area contributed by atoms with Gasteiger partial charge in [0.15, 0.2) is 0 Å². The topological polar surface area (TPSA) is 24.8 Å². The van der Waals surface area contributed by atoms with E-state index in [0.29, 0.717) is 0 Å². The highest BCUT2D eigenvalue weighted by molar-refractivity contribution is 6.07. The minimum absolute atomic E-state index is 0.103. The van der Waals surface area contributed by atoms with Gasteiger partial charge in [0.25, 0.3) is 5.91 Å². The zero-order valence-corrected chi connectivity index (χ0v) is 14.6. The lowest BCUT2D eigenvalue weighted by Gasteiger charge is -2.32. The lowest BCUT2D eigenvalue weighted by atomic mass is 10.0. The maximum absolute atomic E-state index is 13.3. The average Bonchev–Trinajstić information content (AvgIpc) is 2.68. The van der Waals surface area contributed by atoms with Gasteiger partial charge in [0, 0.05) is 11.1 Å². The van der Waals surface area contributed by atoms with Crippen LogP contribution < -0.4 is 4.90 Å². The molecule has 4 rings (SSSR count). The van der Waals surface area contributed by atoms with Crippen LogP contribution in [0, 0.1) is 5.82 Å². The van der Waals surface area contributed by atoms with Crippen molar-refractivity contribution in [2.24, 2.45) is 0 Å². The van der Waals surface area contributed by atoms with Crippen LogP contribution in [0.1, 0.15) is 15.9 Å². The van der Waals surface area contributed by atoms with Crippen molar-refractivity contribution in [2.75, 3.05) is 26.2 Å². The van der Waals surface area contributed by atoms with E-state index in [-0.39, 0.29) is 11.7 Å². The number of nitrogens with one attached hydrogen (secondary N) is 1. The third kappa shape index (κ3) is 3.46. The first kappa shape index (κ1) is 16.7. The molecule has 4 heteroatoms. The Bertz CT molecular complexity index is 927. The Labute approximate surface area is 152 Å². The monoisotopic (exact) mass is 349 g/mol. The van der Waals surface area contributed by atoms with Gasteiger partial charge in [-0.1, -0.05) is 48.5 Å². The highest BCUT2D eigenvalue weighted by Crippen LogP contribution is 2.20. The zero-order valence-electron chi connectivity index (χ0n) is 14.6. The smallest absolute Gasteiger partial charge is 0.254 e. The van der Waals surface area contributed by atoms with Crippen LogP contribution in [-0.2, 0) is 6.54 Å². The Morgan fingerprint density at radius 3 is 2.50 bits per heavy atom. The van der Waals surface area contributed by atoms with Crippen LogP contribution in [0.4, 0.5) is 4.39 Å². The molecular formula is C22H22FN2O+.